The fourth-order valence-corrected chi connectivity index (χ4v) is 2.62. The third-order valence-corrected chi connectivity index (χ3v) is 3.70. The molecule has 1 aliphatic heterocycles. The Morgan fingerprint density at radius 3 is 2.63 bits per heavy atom. The molecule has 4 nitrogen and oxygen atoms in total. The van der Waals surface area contributed by atoms with Gasteiger partial charge in [-0.3, -0.25) is 0 Å². The molecule has 0 aromatic heterocycles. The smallest absolute Gasteiger partial charge is 0.0610 e. The second-order valence-electron chi connectivity index (χ2n) is 6.25. The Morgan fingerprint density at radius 1 is 1.37 bits per heavy atom. The van der Waals surface area contributed by atoms with Crippen molar-refractivity contribution in [3.63, 3.8) is 0 Å². The Balaban J connectivity index is 2.08. The van der Waals surface area contributed by atoms with Crippen LogP contribution < -0.4 is 5.32 Å². The van der Waals surface area contributed by atoms with Gasteiger partial charge in [0.1, 0.15) is 0 Å². The molecule has 1 atom stereocenters. The highest BCUT2D eigenvalue weighted by Crippen LogP contribution is 2.16. The average Bonchev–Trinajstić information content (AvgIpc) is 2.39. The van der Waals surface area contributed by atoms with Crippen molar-refractivity contribution in [3.05, 3.63) is 0 Å². The van der Waals surface area contributed by atoms with Gasteiger partial charge in [-0.2, -0.15) is 0 Å². The minimum absolute atomic E-state index is 0.172. The Bertz CT molecular complexity index is 229. The van der Waals surface area contributed by atoms with E-state index in [-0.39, 0.29) is 12.1 Å². The molecule has 114 valence electrons. The summed E-state index contributed by atoms with van der Waals surface area (Å²) in [5.41, 5.74) is -0.184. The Hall–Kier alpha value is -0.160. The standard InChI is InChI=1S/C15H31NO3/c1-13(2)16-15(3,12-17)7-4-8-19-11-14-5-9-18-10-6-14/h13-14,16-17H,4-12H2,1-3H3. The lowest BCUT2D eigenvalue weighted by Crippen LogP contribution is -2.49. The van der Waals surface area contributed by atoms with Gasteiger partial charge in [-0.05, 0) is 38.5 Å². The number of aliphatic hydroxyl groups excluding tert-OH is 1. The number of rotatable bonds is 9. The van der Waals surface area contributed by atoms with Crippen molar-refractivity contribution < 1.29 is 14.6 Å². The molecule has 4 heteroatoms. The molecule has 1 rings (SSSR count). The molecule has 1 unspecified atom stereocenters. The van der Waals surface area contributed by atoms with Gasteiger partial charge in [0.15, 0.2) is 0 Å². The summed E-state index contributed by atoms with van der Waals surface area (Å²) in [6.07, 6.45) is 4.18. The normalized spacial score (nSPS) is 20.7. The van der Waals surface area contributed by atoms with Crippen LogP contribution in [0.2, 0.25) is 0 Å². The van der Waals surface area contributed by atoms with Crippen molar-refractivity contribution in [2.24, 2.45) is 5.92 Å². The number of ether oxygens (including phenoxy) is 2. The molecule has 0 aliphatic carbocycles. The van der Waals surface area contributed by atoms with Crippen molar-refractivity contribution in [2.75, 3.05) is 33.0 Å². The Kier molecular flexibility index (Phi) is 7.91. The molecule has 1 heterocycles. The molecule has 1 saturated heterocycles. The minimum Gasteiger partial charge on any atom is -0.394 e. The van der Waals surface area contributed by atoms with Crippen molar-refractivity contribution >= 4 is 0 Å². The Morgan fingerprint density at radius 2 is 2.05 bits per heavy atom. The topological polar surface area (TPSA) is 50.7 Å². The molecule has 0 spiro atoms. The number of aliphatic hydroxyl groups is 1. The van der Waals surface area contributed by atoms with E-state index in [1.165, 1.54) is 0 Å². The maximum atomic E-state index is 9.48. The van der Waals surface area contributed by atoms with Crippen LogP contribution in [0, 0.1) is 5.92 Å². The quantitative estimate of drug-likeness (QED) is 0.631. The number of nitrogens with one attached hydrogen (secondary N) is 1. The molecule has 2 N–H and O–H groups in total. The first-order valence-electron chi connectivity index (χ1n) is 7.60. The summed E-state index contributed by atoms with van der Waals surface area (Å²) in [4.78, 5) is 0. The summed E-state index contributed by atoms with van der Waals surface area (Å²) < 4.78 is 11.1. The van der Waals surface area contributed by atoms with Gasteiger partial charge in [0.2, 0.25) is 0 Å². The summed E-state index contributed by atoms with van der Waals surface area (Å²) in [6, 6.07) is 0.389. The highest BCUT2D eigenvalue weighted by Gasteiger charge is 2.23. The largest absolute Gasteiger partial charge is 0.394 e. The lowest BCUT2D eigenvalue weighted by molar-refractivity contribution is 0.0179. The zero-order valence-corrected chi connectivity index (χ0v) is 12.8. The van der Waals surface area contributed by atoms with Crippen molar-refractivity contribution in [1.29, 1.82) is 0 Å². The van der Waals surface area contributed by atoms with Gasteiger partial charge in [0, 0.05) is 38.0 Å². The predicted molar refractivity (Wildman–Crippen MR) is 77.4 cm³/mol. The highest BCUT2D eigenvalue weighted by molar-refractivity contribution is 4.83. The SMILES string of the molecule is CC(C)NC(C)(CO)CCCOCC1CCOCC1. The molecule has 0 aromatic carbocycles. The predicted octanol–water partition coefficient (Wildman–Crippen LogP) is 1.96. The summed E-state index contributed by atoms with van der Waals surface area (Å²) in [5, 5.41) is 12.9. The van der Waals surface area contributed by atoms with Gasteiger partial charge < -0.3 is 19.9 Å². The minimum atomic E-state index is -0.184. The van der Waals surface area contributed by atoms with E-state index in [2.05, 4.69) is 26.1 Å². The van der Waals surface area contributed by atoms with E-state index < -0.39 is 0 Å². The van der Waals surface area contributed by atoms with E-state index in [9.17, 15) is 5.11 Å². The molecular formula is C15H31NO3. The number of hydrogen-bond acceptors (Lipinski definition) is 4. The maximum absolute atomic E-state index is 9.48. The van der Waals surface area contributed by atoms with Crippen LogP contribution in [-0.2, 0) is 9.47 Å². The van der Waals surface area contributed by atoms with Gasteiger partial charge in [0.25, 0.3) is 0 Å². The van der Waals surface area contributed by atoms with Crippen molar-refractivity contribution in [1.82, 2.24) is 5.32 Å². The van der Waals surface area contributed by atoms with Gasteiger partial charge in [-0.25, -0.2) is 0 Å². The van der Waals surface area contributed by atoms with Crippen LogP contribution in [0.1, 0.15) is 46.5 Å². The lowest BCUT2D eigenvalue weighted by Gasteiger charge is -2.31. The van der Waals surface area contributed by atoms with E-state index in [1.54, 1.807) is 0 Å². The summed E-state index contributed by atoms with van der Waals surface area (Å²) in [7, 11) is 0. The average molecular weight is 273 g/mol. The molecule has 0 saturated carbocycles. The van der Waals surface area contributed by atoms with Gasteiger partial charge in [0.05, 0.1) is 6.61 Å². The molecule has 1 fully saturated rings. The van der Waals surface area contributed by atoms with Crippen LogP contribution in [0.5, 0.6) is 0 Å². The van der Waals surface area contributed by atoms with Crippen LogP contribution >= 0.6 is 0 Å². The molecule has 0 aromatic rings. The van der Waals surface area contributed by atoms with Gasteiger partial charge >= 0.3 is 0 Å². The van der Waals surface area contributed by atoms with Crippen LogP contribution in [0.4, 0.5) is 0 Å². The van der Waals surface area contributed by atoms with E-state index in [0.29, 0.717) is 12.0 Å². The summed E-state index contributed by atoms with van der Waals surface area (Å²) >= 11 is 0. The molecule has 0 amide bonds. The van der Waals surface area contributed by atoms with E-state index in [0.717, 1.165) is 52.1 Å². The fourth-order valence-electron chi connectivity index (χ4n) is 2.62. The number of hydrogen-bond donors (Lipinski definition) is 2. The molecule has 1 aliphatic rings. The van der Waals surface area contributed by atoms with Crippen molar-refractivity contribution in [2.45, 2.75) is 58.0 Å². The summed E-state index contributed by atoms with van der Waals surface area (Å²) in [6.45, 7) is 9.87. The molecule has 0 bridgehead atoms. The van der Waals surface area contributed by atoms with Gasteiger partial charge in [-0.1, -0.05) is 13.8 Å². The first-order valence-corrected chi connectivity index (χ1v) is 7.60. The molecule has 0 radical (unpaired) electrons. The third-order valence-electron chi connectivity index (χ3n) is 3.70. The van der Waals surface area contributed by atoms with Gasteiger partial charge in [-0.15, -0.1) is 0 Å². The van der Waals surface area contributed by atoms with E-state index in [4.69, 9.17) is 9.47 Å². The monoisotopic (exact) mass is 273 g/mol. The third kappa shape index (κ3) is 7.25. The summed E-state index contributed by atoms with van der Waals surface area (Å²) in [5.74, 6) is 0.673. The maximum Gasteiger partial charge on any atom is 0.0610 e. The zero-order chi connectivity index (χ0) is 14.1. The Labute approximate surface area is 117 Å². The van der Waals surface area contributed by atoms with Crippen LogP contribution in [-0.4, -0.2) is 49.7 Å². The second kappa shape index (κ2) is 8.90. The zero-order valence-electron chi connectivity index (χ0n) is 12.8. The first-order chi connectivity index (χ1) is 9.06. The first kappa shape index (κ1) is 16.9. The molecular weight excluding hydrogens is 242 g/mol. The van der Waals surface area contributed by atoms with Crippen LogP contribution in [0.15, 0.2) is 0 Å². The lowest BCUT2D eigenvalue weighted by atomic mass is 9.96. The van der Waals surface area contributed by atoms with E-state index >= 15 is 0 Å². The van der Waals surface area contributed by atoms with Crippen LogP contribution in [0.3, 0.4) is 0 Å². The van der Waals surface area contributed by atoms with E-state index in [1.807, 2.05) is 0 Å². The highest BCUT2D eigenvalue weighted by atomic mass is 16.5. The molecule has 19 heavy (non-hydrogen) atoms. The van der Waals surface area contributed by atoms with Crippen molar-refractivity contribution in [3.8, 4) is 0 Å². The fraction of sp³-hybridized carbons (Fsp3) is 1.00. The van der Waals surface area contributed by atoms with Crippen LogP contribution in [0.25, 0.3) is 0 Å². The second-order valence-corrected chi connectivity index (χ2v) is 6.25.